The number of carbonyl (C=O) groups excluding carboxylic acids is 2. The van der Waals surface area contributed by atoms with E-state index in [9.17, 15) is 14.0 Å². The molecule has 7 nitrogen and oxygen atoms in total. The third kappa shape index (κ3) is 5.88. The summed E-state index contributed by atoms with van der Waals surface area (Å²) < 4.78 is 19.2. The lowest BCUT2D eigenvalue weighted by Gasteiger charge is -2.31. The van der Waals surface area contributed by atoms with E-state index < -0.39 is 23.7 Å². The van der Waals surface area contributed by atoms with Crippen LogP contribution in [0.5, 0.6) is 5.75 Å². The summed E-state index contributed by atoms with van der Waals surface area (Å²) in [4.78, 5) is 38.0. The van der Waals surface area contributed by atoms with Crippen molar-refractivity contribution in [2.45, 2.75) is 19.5 Å². The fourth-order valence-electron chi connectivity index (χ4n) is 3.60. The number of amides is 2. The summed E-state index contributed by atoms with van der Waals surface area (Å²) in [5.41, 5.74) is 1.03. The van der Waals surface area contributed by atoms with Crippen LogP contribution in [0.25, 0.3) is 0 Å². The van der Waals surface area contributed by atoms with Crippen molar-refractivity contribution in [3.63, 3.8) is 0 Å². The number of rotatable bonds is 9. The van der Waals surface area contributed by atoms with Gasteiger partial charge in [-0.1, -0.05) is 24.3 Å². The molecule has 2 aromatic carbocycles. The first-order valence-corrected chi connectivity index (χ1v) is 11.8. The Balaban J connectivity index is 1.81. The third-order valence-corrected chi connectivity index (χ3v) is 6.00. The van der Waals surface area contributed by atoms with Gasteiger partial charge in [-0.05, 0) is 48.7 Å². The highest BCUT2D eigenvalue weighted by molar-refractivity contribution is 7.09. The first-order chi connectivity index (χ1) is 17.1. The standard InChI is InChI=1S/C26H23FN4O3S/c1-2-34-23-8-4-3-7-21(23)24(25(32)30-19-11-9-18(27)10-12-19)31(17-20-6-5-15-35-20)26(33)22-16-28-13-14-29-22/h3-16,24H,2,17H2,1H3,(H,30,32)/t24-/m0/s1. The van der Waals surface area contributed by atoms with Gasteiger partial charge in [0.05, 0.1) is 19.3 Å². The minimum Gasteiger partial charge on any atom is -0.494 e. The van der Waals surface area contributed by atoms with Crippen LogP contribution in [0.15, 0.2) is 84.6 Å². The molecule has 4 aromatic rings. The highest BCUT2D eigenvalue weighted by Crippen LogP contribution is 2.33. The molecular weight excluding hydrogens is 467 g/mol. The molecule has 0 unspecified atom stereocenters. The Kier molecular flexibility index (Phi) is 7.79. The van der Waals surface area contributed by atoms with Crippen molar-refractivity contribution in [2.24, 2.45) is 0 Å². The highest BCUT2D eigenvalue weighted by Gasteiger charge is 2.35. The maximum absolute atomic E-state index is 13.8. The van der Waals surface area contributed by atoms with Gasteiger partial charge in [-0.15, -0.1) is 11.3 Å². The number of anilines is 1. The second-order valence-electron chi connectivity index (χ2n) is 7.47. The molecular formula is C26H23FN4O3S. The van der Waals surface area contributed by atoms with Crippen molar-refractivity contribution >= 4 is 28.8 Å². The van der Waals surface area contributed by atoms with Crippen LogP contribution in [0.2, 0.25) is 0 Å². The monoisotopic (exact) mass is 490 g/mol. The molecule has 0 saturated heterocycles. The topological polar surface area (TPSA) is 84.4 Å². The Morgan fingerprint density at radius 3 is 2.57 bits per heavy atom. The van der Waals surface area contributed by atoms with Crippen molar-refractivity contribution in [3.8, 4) is 5.75 Å². The first-order valence-electron chi connectivity index (χ1n) is 10.9. The number of aromatic nitrogens is 2. The number of para-hydroxylation sites is 1. The molecule has 0 bridgehead atoms. The lowest BCUT2D eigenvalue weighted by molar-refractivity contribution is -0.121. The number of hydrogen-bond acceptors (Lipinski definition) is 6. The fraction of sp³-hybridized carbons (Fsp3) is 0.154. The average Bonchev–Trinajstić information content (AvgIpc) is 3.40. The third-order valence-electron chi connectivity index (χ3n) is 5.13. The molecule has 0 spiro atoms. The summed E-state index contributed by atoms with van der Waals surface area (Å²) in [7, 11) is 0. The zero-order chi connectivity index (χ0) is 24.6. The van der Waals surface area contributed by atoms with E-state index in [4.69, 9.17) is 4.74 Å². The number of halogens is 1. The number of ether oxygens (including phenoxy) is 1. The predicted molar refractivity (Wildman–Crippen MR) is 132 cm³/mol. The lowest BCUT2D eigenvalue weighted by atomic mass is 10.0. The molecule has 178 valence electrons. The van der Waals surface area contributed by atoms with E-state index >= 15 is 0 Å². The molecule has 2 aromatic heterocycles. The molecule has 0 aliphatic carbocycles. The van der Waals surface area contributed by atoms with Crippen molar-refractivity contribution < 1.29 is 18.7 Å². The molecule has 1 N–H and O–H groups in total. The number of nitrogens with one attached hydrogen (secondary N) is 1. The number of hydrogen-bond donors (Lipinski definition) is 1. The van der Waals surface area contributed by atoms with Gasteiger partial charge in [-0.2, -0.15) is 0 Å². The van der Waals surface area contributed by atoms with Crippen LogP contribution in [-0.4, -0.2) is 33.3 Å². The summed E-state index contributed by atoms with van der Waals surface area (Å²) in [5, 5.41) is 4.72. The van der Waals surface area contributed by atoms with Gasteiger partial charge in [-0.3, -0.25) is 14.6 Å². The minimum absolute atomic E-state index is 0.109. The molecule has 0 fully saturated rings. The van der Waals surface area contributed by atoms with E-state index in [2.05, 4.69) is 15.3 Å². The first kappa shape index (κ1) is 24.0. The van der Waals surface area contributed by atoms with Gasteiger partial charge in [-0.25, -0.2) is 9.37 Å². The van der Waals surface area contributed by atoms with Gasteiger partial charge in [0.1, 0.15) is 23.3 Å². The van der Waals surface area contributed by atoms with Gasteiger partial charge in [0.2, 0.25) is 0 Å². The van der Waals surface area contributed by atoms with Gasteiger partial charge < -0.3 is 15.0 Å². The van der Waals surface area contributed by atoms with Crippen molar-refractivity contribution in [1.82, 2.24) is 14.9 Å². The smallest absolute Gasteiger partial charge is 0.275 e. The quantitative estimate of drug-likeness (QED) is 0.353. The lowest BCUT2D eigenvalue weighted by Crippen LogP contribution is -2.41. The van der Waals surface area contributed by atoms with Crippen LogP contribution in [0, 0.1) is 5.82 Å². The molecule has 0 radical (unpaired) electrons. The fourth-order valence-corrected chi connectivity index (χ4v) is 4.30. The van der Waals surface area contributed by atoms with E-state index in [0.29, 0.717) is 23.6 Å². The molecule has 0 aliphatic heterocycles. The second kappa shape index (κ2) is 11.3. The van der Waals surface area contributed by atoms with Crippen LogP contribution in [-0.2, 0) is 11.3 Å². The average molecular weight is 491 g/mol. The molecule has 0 aliphatic rings. The van der Waals surface area contributed by atoms with Crippen molar-refractivity contribution in [3.05, 3.63) is 107 Å². The Labute approximate surface area is 206 Å². The molecule has 4 rings (SSSR count). The largest absolute Gasteiger partial charge is 0.494 e. The summed E-state index contributed by atoms with van der Waals surface area (Å²) in [6.45, 7) is 2.39. The van der Waals surface area contributed by atoms with E-state index in [0.717, 1.165) is 4.88 Å². The van der Waals surface area contributed by atoms with Crippen molar-refractivity contribution in [2.75, 3.05) is 11.9 Å². The van der Waals surface area contributed by atoms with Crippen molar-refractivity contribution in [1.29, 1.82) is 0 Å². The number of nitrogens with zero attached hydrogens (tertiary/aromatic N) is 3. The minimum atomic E-state index is -1.07. The zero-order valence-corrected chi connectivity index (χ0v) is 19.7. The summed E-state index contributed by atoms with van der Waals surface area (Å²) in [5.74, 6) is -0.870. The van der Waals surface area contributed by atoms with Gasteiger partial charge in [0.15, 0.2) is 0 Å². The summed E-state index contributed by atoms with van der Waals surface area (Å²) in [6.07, 6.45) is 4.27. The van der Waals surface area contributed by atoms with Gasteiger partial charge in [0, 0.05) is 28.5 Å². The maximum Gasteiger partial charge on any atom is 0.275 e. The van der Waals surface area contributed by atoms with Crippen LogP contribution in [0.3, 0.4) is 0 Å². The highest BCUT2D eigenvalue weighted by atomic mass is 32.1. The Hall–Kier alpha value is -4.11. The van der Waals surface area contributed by atoms with Crippen LogP contribution in [0.1, 0.15) is 33.9 Å². The molecule has 35 heavy (non-hydrogen) atoms. The Bertz CT molecular complexity index is 1270. The molecule has 9 heteroatoms. The van der Waals surface area contributed by atoms with Crippen LogP contribution >= 0.6 is 11.3 Å². The Morgan fingerprint density at radius 2 is 1.89 bits per heavy atom. The number of carbonyl (C=O) groups is 2. The molecule has 1 atom stereocenters. The number of thiophene rings is 1. The van der Waals surface area contributed by atoms with E-state index in [1.165, 1.54) is 59.1 Å². The molecule has 2 heterocycles. The van der Waals surface area contributed by atoms with Crippen LogP contribution < -0.4 is 10.1 Å². The summed E-state index contributed by atoms with van der Waals surface area (Å²) >= 11 is 1.47. The number of benzene rings is 2. The van der Waals surface area contributed by atoms with E-state index in [1.807, 2.05) is 24.4 Å². The zero-order valence-electron chi connectivity index (χ0n) is 18.9. The van der Waals surface area contributed by atoms with E-state index in [-0.39, 0.29) is 12.2 Å². The molecule has 2 amide bonds. The predicted octanol–water partition coefficient (Wildman–Crippen LogP) is 5.10. The molecule has 0 saturated carbocycles. The summed E-state index contributed by atoms with van der Waals surface area (Å²) in [6, 6.07) is 15.2. The SMILES string of the molecule is CCOc1ccccc1[C@@H](C(=O)Nc1ccc(F)cc1)N(Cc1cccs1)C(=O)c1cnccn1. The van der Waals surface area contributed by atoms with Gasteiger partial charge >= 0.3 is 0 Å². The normalized spacial score (nSPS) is 11.5. The van der Waals surface area contributed by atoms with Crippen LogP contribution in [0.4, 0.5) is 10.1 Å². The Morgan fingerprint density at radius 1 is 1.09 bits per heavy atom. The van der Waals surface area contributed by atoms with E-state index in [1.54, 1.807) is 24.3 Å². The maximum atomic E-state index is 13.8. The second-order valence-corrected chi connectivity index (χ2v) is 8.50. The van der Waals surface area contributed by atoms with Gasteiger partial charge in [0.25, 0.3) is 11.8 Å².